The molecule has 1 N–H and O–H groups in total. The van der Waals surface area contributed by atoms with Crippen molar-refractivity contribution >= 4 is 17.6 Å². The van der Waals surface area contributed by atoms with E-state index in [4.69, 9.17) is 4.74 Å². The maximum atomic E-state index is 12.6. The highest BCUT2D eigenvalue weighted by Gasteiger charge is 2.32. The van der Waals surface area contributed by atoms with Crippen molar-refractivity contribution in [3.05, 3.63) is 11.4 Å². The summed E-state index contributed by atoms with van der Waals surface area (Å²) in [5.41, 5.74) is 2.50. The van der Waals surface area contributed by atoms with Crippen molar-refractivity contribution in [1.82, 2.24) is 14.7 Å². The number of likely N-dealkylation sites (tertiary alicyclic amines) is 1. The van der Waals surface area contributed by atoms with E-state index in [1.54, 1.807) is 4.68 Å². The SMILES string of the molecule is CCOC(=O)C1CCCN(C(C)C(=O)Nc2c(C)nn(C)c2C)C1. The standard InChI is InChI=1S/C17H28N4O3/c1-6-24-17(23)14-8-7-9-21(10-14)13(4)16(22)18-15-11(2)19-20(5)12(15)3/h13-14H,6-10H2,1-5H3,(H,18,22). The second-order valence-electron chi connectivity index (χ2n) is 6.42. The summed E-state index contributed by atoms with van der Waals surface area (Å²) >= 11 is 0. The van der Waals surface area contributed by atoms with Gasteiger partial charge in [0, 0.05) is 13.6 Å². The lowest BCUT2D eigenvalue weighted by atomic mass is 9.97. The minimum atomic E-state index is -0.304. The summed E-state index contributed by atoms with van der Waals surface area (Å²) in [7, 11) is 1.86. The van der Waals surface area contributed by atoms with Crippen molar-refractivity contribution < 1.29 is 14.3 Å². The second kappa shape index (κ2) is 7.79. The van der Waals surface area contributed by atoms with Gasteiger partial charge in [-0.3, -0.25) is 19.2 Å². The summed E-state index contributed by atoms with van der Waals surface area (Å²) in [6.45, 7) is 9.28. The van der Waals surface area contributed by atoms with E-state index in [0.29, 0.717) is 13.2 Å². The molecule has 2 rings (SSSR count). The van der Waals surface area contributed by atoms with Crippen molar-refractivity contribution in [3.63, 3.8) is 0 Å². The Balaban J connectivity index is 2.00. The Hall–Kier alpha value is -1.89. The number of esters is 1. The fourth-order valence-electron chi connectivity index (χ4n) is 3.16. The Morgan fingerprint density at radius 3 is 2.71 bits per heavy atom. The number of aromatic nitrogens is 2. The molecule has 0 spiro atoms. The highest BCUT2D eigenvalue weighted by Crippen LogP contribution is 2.22. The maximum Gasteiger partial charge on any atom is 0.310 e. The van der Waals surface area contributed by atoms with Crippen molar-refractivity contribution in [2.75, 3.05) is 25.0 Å². The molecule has 24 heavy (non-hydrogen) atoms. The summed E-state index contributed by atoms with van der Waals surface area (Å²) in [6.07, 6.45) is 1.72. The molecule has 0 radical (unpaired) electrons. The van der Waals surface area contributed by atoms with Gasteiger partial charge in [-0.05, 0) is 47.1 Å². The van der Waals surface area contributed by atoms with Crippen LogP contribution in [0.15, 0.2) is 0 Å². The Morgan fingerprint density at radius 1 is 1.42 bits per heavy atom. The number of nitrogens with one attached hydrogen (secondary N) is 1. The van der Waals surface area contributed by atoms with Crippen molar-refractivity contribution in [1.29, 1.82) is 0 Å². The molecule has 1 aromatic rings. The van der Waals surface area contributed by atoms with Crippen molar-refractivity contribution in [3.8, 4) is 0 Å². The molecule has 1 saturated heterocycles. The molecule has 0 aliphatic carbocycles. The van der Waals surface area contributed by atoms with Gasteiger partial charge in [-0.2, -0.15) is 5.10 Å². The van der Waals surface area contributed by atoms with Crippen LogP contribution in [0.1, 0.15) is 38.1 Å². The van der Waals surface area contributed by atoms with Crippen LogP contribution in [-0.4, -0.2) is 52.3 Å². The maximum absolute atomic E-state index is 12.6. The number of hydrogen-bond donors (Lipinski definition) is 1. The van der Waals surface area contributed by atoms with E-state index >= 15 is 0 Å². The molecule has 0 saturated carbocycles. The predicted molar refractivity (Wildman–Crippen MR) is 91.7 cm³/mol. The minimum Gasteiger partial charge on any atom is -0.466 e. The molecule has 1 aliphatic rings. The van der Waals surface area contributed by atoms with Gasteiger partial charge in [0.1, 0.15) is 0 Å². The van der Waals surface area contributed by atoms with Crippen LogP contribution in [-0.2, 0) is 21.4 Å². The molecule has 7 nitrogen and oxygen atoms in total. The van der Waals surface area contributed by atoms with Gasteiger partial charge in [0.15, 0.2) is 0 Å². The van der Waals surface area contributed by atoms with Gasteiger partial charge in [-0.25, -0.2) is 0 Å². The molecule has 1 aromatic heterocycles. The molecule has 2 atom stereocenters. The van der Waals surface area contributed by atoms with Crippen LogP contribution < -0.4 is 5.32 Å². The molecular weight excluding hydrogens is 308 g/mol. The fourth-order valence-corrected chi connectivity index (χ4v) is 3.16. The van der Waals surface area contributed by atoms with Gasteiger partial charge in [-0.15, -0.1) is 0 Å². The van der Waals surface area contributed by atoms with Gasteiger partial charge in [0.2, 0.25) is 5.91 Å². The zero-order chi connectivity index (χ0) is 17.9. The number of anilines is 1. The highest BCUT2D eigenvalue weighted by atomic mass is 16.5. The molecule has 1 amide bonds. The van der Waals surface area contributed by atoms with Gasteiger partial charge in [-0.1, -0.05) is 0 Å². The van der Waals surface area contributed by atoms with Crippen LogP contribution in [0.4, 0.5) is 5.69 Å². The molecule has 2 unspecified atom stereocenters. The van der Waals surface area contributed by atoms with E-state index in [-0.39, 0.29) is 23.8 Å². The monoisotopic (exact) mass is 336 g/mol. The normalized spacial score (nSPS) is 19.8. The van der Waals surface area contributed by atoms with Gasteiger partial charge < -0.3 is 10.1 Å². The number of carbonyl (C=O) groups is 2. The Labute approximate surface area is 143 Å². The van der Waals surface area contributed by atoms with Crippen molar-refractivity contribution in [2.24, 2.45) is 13.0 Å². The topological polar surface area (TPSA) is 76.5 Å². The van der Waals surface area contributed by atoms with E-state index in [0.717, 1.165) is 36.5 Å². The Bertz CT molecular complexity index is 611. The lowest BCUT2D eigenvalue weighted by molar-refractivity contribution is -0.150. The van der Waals surface area contributed by atoms with Crippen LogP contribution in [0, 0.1) is 19.8 Å². The van der Waals surface area contributed by atoms with Gasteiger partial charge in [0.05, 0.1) is 35.6 Å². The number of hydrogen-bond acceptors (Lipinski definition) is 5. The Morgan fingerprint density at radius 2 is 2.12 bits per heavy atom. The fraction of sp³-hybridized carbons (Fsp3) is 0.706. The van der Waals surface area contributed by atoms with E-state index in [2.05, 4.69) is 15.3 Å². The highest BCUT2D eigenvalue weighted by molar-refractivity contribution is 5.95. The first-order valence-corrected chi connectivity index (χ1v) is 8.56. The average Bonchev–Trinajstić information content (AvgIpc) is 2.80. The van der Waals surface area contributed by atoms with E-state index in [9.17, 15) is 9.59 Å². The molecule has 1 aliphatic heterocycles. The largest absolute Gasteiger partial charge is 0.466 e. The third kappa shape index (κ3) is 3.95. The number of rotatable bonds is 5. The van der Waals surface area contributed by atoms with Gasteiger partial charge >= 0.3 is 5.97 Å². The van der Waals surface area contributed by atoms with Crippen molar-refractivity contribution in [2.45, 2.75) is 46.6 Å². The summed E-state index contributed by atoms with van der Waals surface area (Å²) < 4.78 is 6.88. The predicted octanol–water partition coefficient (Wildman–Crippen LogP) is 1.64. The average molecular weight is 336 g/mol. The minimum absolute atomic E-state index is 0.0706. The molecule has 1 fully saturated rings. The first-order valence-electron chi connectivity index (χ1n) is 8.56. The first kappa shape index (κ1) is 18.4. The second-order valence-corrected chi connectivity index (χ2v) is 6.42. The number of amides is 1. The van der Waals surface area contributed by atoms with Crippen LogP contribution >= 0.6 is 0 Å². The lowest BCUT2D eigenvalue weighted by Crippen LogP contribution is -2.48. The van der Waals surface area contributed by atoms with E-state index < -0.39 is 0 Å². The number of carbonyl (C=O) groups excluding carboxylic acids is 2. The number of aryl methyl sites for hydroxylation is 2. The summed E-state index contributed by atoms with van der Waals surface area (Å²) in [6, 6.07) is -0.304. The Kier molecular flexibility index (Phi) is 5.99. The lowest BCUT2D eigenvalue weighted by Gasteiger charge is -2.35. The van der Waals surface area contributed by atoms with Gasteiger partial charge in [0.25, 0.3) is 0 Å². The number of nitrogens with zero attached hydrogens (tertiary/aromatic N) is 3. The zero-order valence-corrected chi connectivity index (χ0v) is 15.3. The van der Waals surface area contributed by atoms with Crippen LogP contribution in [0.25, 0.3) is 0 Å². The molecular formula is C17H28N4O3. The summed E-state index contributed by atoms with van der Waals surface area (Å²) in [4.78, 5) is 26.6. The molecule has 7 heteroatoms. The van der Waals surface area contributed by atoms with Crippen LogP contribution in [0.5, 0.6) is 0 Å². The summed E-state index contributed by atoms with van der Waals surface area (Å²) in [5, 5.41) is 7.30. The smallest absolute Gasteiger partial charge is 0.310 e. The molecule has 0 aromatic carbocycles. The van der Waals surface area contributed by atoms with E-state index in [1.165, 1.54) is 0 Å². The van der Waals surface area contributed by atoms with E-state index in [1.807, 2.05) is 34.7 Å². The molecule has 2 heterocycles. The zero-order valence-electron chi connectivity index (χ0n) is 15.3. The summed E-state index contributed by atoms with van der Waals surface area (Å²) in [5.74, 6) is -0.372. The van der Waals surface area contributed by atoms with Crippen LogP contribution in [0.3, 0.4) is 0 Å². The quantitative estimate of drug-likeness (QED) is 0.827. The number of ether oxygens (including phenoxy) is 1. The molecule has 134 valence electrons. The number of piperidine rings is 1. The third-order valence-corrected chi connectivity index (χ3v) is 4.76. The third-order valence-electron chi connectivity index (χ3n) is 4.76. The molecule has 0 bridgehead atoms. The first-order chi connectivity index (χ1) is 11.3. The van der Waals surface area contributed by atoms with Crippen LogP contribution in [0.2, 0.25) is 0 Å².